The number of nitrogens with one attached hydrogen (secondary N) is 2. The molecule has 0 unspecified atom stereocenters. The predicted molar refractivity (Wildman–Crippen MR) is 91.6 cm³/mol. The molecule has 0 aliphatic carbocycles. The molecule has 0 aromatic heterocycles. The van der Waals surface area contributed by atoms with E-state index in [1.54, 1.807) is 0 Å². The molecular formula is C17H26N4O2. The molecule has 0 radical (unpaired) electrons. The lowest BCUT2D eigenvalue weighted by Crippen LogP contribution is -2.50. The Bertz CT molecular complexity index is 566. The minimum atomic E-state index is -0.476. The summed E-state index contributed by atoms with van der Waals surface area (Å²) in [6.45, 7) is 11.0. The van der Waals surface area contributed by atoms with Crippen LogP contribution >= 0.6 is 0 Å². The highest BCUT2D eigenvalue weighted by Crippen LogP contribution is 2.17. The van der Waals surface area contributed by atoms with Gasteiger partial charge in [0.2, 0.25) is 5.91 Å². The Labute approximate surface area is 137 Å². The summed E-state index contributed by atoms with van der Waals surface area (Å²) in [7, 11) is 0. The zero-order chi connectivity index (χ0) is 16.8. The van der Waals surface area contributed by atoms with E-state index < -0.39 is 6.03 Å². The summed E-state index contributed by atoms with van der Waals surface area (Å²) >= 11 is 0. The average Bonchev–Trinajstić information content (AvgIpc) is 2.52. The van der Waals surface area contributed by atoms with Crippen molar-refractivity contribution < 1.29 is 9.59 Å². The molecule has 1 aromatic rings. The van der Waals surface area contributed by atoms with Crippen LogP contribution in [0.1, 0.15) is 18.1 Å². The number of amides is 3. The monoisotopic (exact) mass is 318 g/mol. The Kier molecular flexibility index (Phi) is 6.12. The molecule has 3 amide bonds. The van der Waals surface area contributed by atoms with Gasteiger partial charge in [-0.05, 0) is 37.6 Å². The van der Waals surface area contributed by atoms with E-state index >= 15 is 0 Å². The summed E-state index contributed by atoms with van der Waals surface area (Å²) in [5.41, 5.74) is 2.83. The van der Waals surface area contributed by atoms with Crippen molar-refractivity contribution in [2.75, 3.05) is 44.6 Å². The summed E-state index contributed by atoms with van der Waals surface area (Å²) in [6.07, 6.45) is 0. The van der Waals surface area contributed by atoms with Crippen molar-refractivity contribution in [3.8, 4) is 0 Å². The summed E-state index contributed by atoms with van der Waals surface area (Å²) < 4.78 is 0. The first-order valence-electron chi connectivity index (χ1n) is 8.11. The van der Waals surface area contributed by atoms with Gasteiger partial charge in [-0.15, -0.1) is 0 Å². The number of rotatable bonds is 4. The number of piperazine rings is 1. The fourth-order valence-electron chi connectivity index (χ4n) is 2.67. The van der Waals surface area contributed by atoms with Crippen LogP contribution in [0.15, 0.2) is 18.2 Å². The molecule has 2 rings (SSSR count). The normalized spacial score (nSPS) is 16.1. The minimum Gasteiger partial charge on any atom is -0.307 e. The number of urea groups is 1. The molecule has 0 saturated carbocycles. The Morgan fingerprint density at radius 3 is 2.39 bits per heavy atom. The first-order valence-corrected chi connectivity index (χ1v) is 8.11. The Morgan fingerprint density at radius 2 is 1.74 bits per heavy atom. The molecule has 1 fully saturated rings. The molecule has 0 spiro atoms. The van der Waals surface area contributed by atoms with E-state index in [9.17, 15) is 9.59 Å². The second-order valence-corrected chi connectivity index (χ2v) is 5.96. The van der Waals surface area contributed by atoms with Crippen LogP contribution in [0.2, 0.25) is 0 Å². The van der Waals surface area contributed by atoms with Crippen LogP contribution in [-0.4, -0.2) is 61.0 Å². The maximum atomic E-state index is 12.0. The van der Waals surface area contributed by atoms with E-state index in [1.807, 2.05) is 32.0 Å². The maximum absolute atomic E-state index is 12.0. The number of anilines is 1. The van der Waals surface area contributed by atoms with Crippen LogP contribution in [0.5, 0.6) is 0 Å². The molecule has 1 aliphatic rings. The van der Waals surface area contributed by atoms with E-state index in [2.05, 4.69) is 27.4 Å². The van der Waals surface area contributed by atoms with Gasteiger partial charge in [0.15, 0.2) is 0 Å². The predicted octanol–water partition coefficient (Wildman–Crippen LogP) is 1.59. The number of likely N-dealkylation sites (N-methyl/N-ethyl adjacent to an activating group) is 1. The van der Waals surface area contributed by atoms with Gasteiger partial charge in [0.05, 0.1) is 6.54 Å². The Hall–Kier alpha value is -1.92. The van der Waals surface area contributed by atoms with Gasteiger partial charge < -0.3 is 10.2 Å². The van der Waals surface area contributed by atoms with Crippen molar-refractivity contribution in [1.29, 1.82) is 0 Å². The quantitative estimate of drug-likeness (QED) is 0.885. The molecule has 1 heterocycles. The number of hydrogen-bond acceptors (Lipinski definition) is 4. The maximum Gasteiger partial charge on any atom is 0.325 e. The molecular weight excluding hydrogens is 292 g/mol. The highest BCUT2D eigenvalue weighted by atomic mass is 16.2. The standard InChI is InChI=1S/C17H26N4O2/c1-4-20-8-10-21(11-9-20)12-16(22)19-17(23)18-15-7-5-6-13(2)14(15)3/h5-7H,4,8-12H2,1-3H3,(H2,18,19,22,23). The zero-order valence-electron chi connectivity index (χ0n) is 14.2. The third-order valence-corrected chi connectivity index (χ3v) is 4.39. The molecule has 23 heavy (non-hydrogen) atoms. The molecule has 0 atom stereocenters. The summed E-state index contributed by atoms with van der Waals surface area (Å²) in [6, 6.07) is 5.22. The molecule has 6 heteroatoms. The third-order valence-electron chi connectivity index (χ3n) is 4.39. The molecule has 126 valence electrons. The van der Waals surface area contributed by atoms with Crippen molar-refractivity contribution in [3.63, 3.8) is 0 Å². The van der Waals surface area contributed by atoms with Crippen LogP contribution in [0, 0.1) is 13.8 Å². The molecule has 1 aromatic carbocycles. The van der Waals surface area contributed by atoms with Crippen LogP contribution in [-0.2, 0) is 4.79 Å². The van der Waals surface area contributed by atoms with Crippen molar-refractivity contribution >= 4 is 17.6 Å². The molecule has 1 aliphatic heterocycles. The second-order valence-electron chi connectivity index (χ2n) is 5.96. The van der Waals surface area contributed by atoms with Gasteiger partial charge in [-0.25, -0.2) is 4.79 Å². The number of carbonyl (C=O) groups excluding carboxylic acids is 2. The van der Waals surface area contributed by atoms with E-state index in [1.165, 1.54) is 0 Å². The Balaban J connectivity index is 1.79. The fraction of sp³-hybridized carbons (Fsp3) is 0.529. The van der Waals surface area contributed by atoms with Crippen LogP contribution in [0.3, 0.4) is 0 Å². The summed E-state index contributed by atoms with van der Waals surface area (Å²) in [5.74, 6) is -0.266. The highest BCUT2D eigenvalue weighted by molar-refractivity contribution is 6.02. The smallest absolute Gasteiger partial charge is 0.307 e. The van der Waals surface area contributed by atoms with Crippen LogP contribution in [0.25, 0.3) is 0 Å². The van der Waals surface area contributed by atoms with Gasteiger partial charge in [-0.3, -0.25) is 15.0 Å². The SMILES string of the molecule is CCN1CCN(CC(=O)NC(=O)Nc2cccc(C)c2C)CC1. The summed E-state index contributed by atoms with van der Waals surface area (Å²) in [4.78, 5) is 28.4. The van der Waals surface area contributed by atoms with Gasteiger partial charge in [0.1, 0.15) is 0 Å². The van der Waals surface area contributed by atoms with Crippen molar-refractivity contribution in [2.24, 2.45) is 0 Å². The van der Waals surface area contributed by atoms with Gasteiger partial charge in [-0.2, -0.15) is 0 Å². The van der Waals surface area contributed by atoms with E-state index in [0.29, 0.717) is 0 Å². The molecule has 6 nitrogen and oxygen atoms in total. The minimum absolute atomic E-state index is 0.262. The zero-order valence-corrected chi connectivity index (χ0v) is 14.2. The average molecular weight is 318 g/mol. The number of imide groups is 1. The topological polar surface area (TPSA) is 64.7 Å². The van der Waals surface area contributed by atoms with Crippen molar-refractivity contribution in [1.82, 2.24) is 15.1 Å². The first kappa shape index (κ1) is 17.4. The van der Waals surface area contributed by atoms with Gasteiger partial charge >= 0.3 is 6.03 Å². The highest BCUT2D eigenvalue weighted by Gasteiger charge is 2.19. The first-order chi connectivity index (χ1) is 11.0. The largest absolute Gasteiger partial charge is 0.325 e. The van der Waals surface area contributed by atoms with Crippen LogP contribution in [0.4, 0.5) is 10.5 Å². The van der Waals surface area contributed by atoms with Crippen molar-refractivity contribution in [2.45, 2.75) is 20.8 Å². The lowest BCUT2D eigenvalue weighted by atomic mass is 10.1. The summed E-state index contributed by atoms with van der Waals surface area (Å²) in [5, 5.41) is 5.14. The molecule has 0 bridgehead atoms. The number of hydrogen-bond donors (Lipinski definition) is 2. The second kappa shape index (κ2) is 8.08. The molecule has 1 saturated heterocycles. The fourth-order valence-corrected chi connectivity index (χ4v) is 2.67. The van der Waals surface area contributed by atoms with E-state index in [4.69, 9.17) is 0 Å². The van der Waals surface area contributed by atoms with E-state index in [-0.39, 0.29) is 12.5 Å². The van der Waals surface area contributed by atoms with Gasteiger partial charge in [0, 0.05) is 31.9 Å². The number of carbonyl (C=O) groups is 2. The number of aryl methyl sites for hydroxylation is 1. The van der Waals surface area contributed by atoms with Gasteiger partial charge in [0.25, 0.3) is 0 Å². The lowest BCUT2D eigenvalue weighted by Gasteiger charge is -2.33. The number of nitrogens with zero attached hydrogens (tertiary/aromatic N) is 2. The van der Waals surface area contributed by atoms with E-state index in [0.717, 1.165) is 49.5 Å². The van der Waals surface area contributed by atoms with Crippen LogP contribution < -0.4 is 10.6 Å². The number of benzene rings is 1. The van der Waals surface area contributed by atoms with Crippen molar-refractivity contribution in [3.05, 3.63) is 29.3 Å². The van der Waals surface area contributed by atoms with Gasteiger partial charge in [-0.1, -0.05) is 19.1 Å². The Morgan fingerprint density at radius 1 is 1.09 bits per heavy atom. The molecule has 2 N–H and O–H groups in total. The lowest BCUT2D eigenvalue weighted by molar-refractivity contribution is -0.121. The third kappa shape index (κ3) is 5.04.